The summed E-state index contributed by atoms with van der Waals surface area (Å²) in [5.41, 5.74) is 2.25. The Balaban J connectivity index is 1.54. The van der Waals surface area contributed by atoms with Gasteiger partial charge in [0.1, 0.15) is 22.6 Å². The second-order valence-corrected chi connectivity index (χ2v) is 14.2. The van der Waals surface area contributed by atoms with Crippen molar-refractivity contribution >= 4 is 56.9 Å². The molecule has 3 saturated heterocycles. The number of imidazole rings is 1. The number of carbonyl (C=O) groups is 1. The first-order valence-electron chi connectivity index (χ1n) is 15.9. The average Bonchev–Trinajstić information content (AvgIpc) is 3.74. The zero-order chi connectivity index (χ0) is 33.3. The van der Waals surface area contributed by atoms with Crippen LogP contribution in [-0.2, 0) is 17.6 Å². The lowest BCUT2D eigenvalue weighted by molar-refractivity contribution is -0.128. The van der Waals surface area contributed by atoms with Crippen LogP contribution >= 0.6 is 23.2 Å². The van der Waals surface area contributed by atoms with E-state index in [0.717, 1.165) is 24.3 Å². The normalized spacial score (nSPS) is 20.6. The van der Waals surface area contributed by atoms with Crippen LogP contribution in [0.25, 0.3) is 33.1 Å². The Hall–Kier alpha value is -3.69. The van der Waals surface area contributed by atoms with Crippen LogP contribution in [0.1, 0.15) is 36.7 Å². The Morgan fingerprint density at radius 2 is 1.91 bits per heavy atom. The molecule has 13 heteroatoms. The van der Waals surface area contributed by atoms with E-state index in [-0.39, 0.29) is 69.7 Å². The molecule has 3 atom stereocenters. The monoisotopic (exact) mass is 678 g/mol. The molecule has 246 valence electrons. The van der Waals surface area contributed by atoms with Gasteiger partial charge < -0.3 is 29.7 Å². The van der Waals surface area contributed by atoms with Crippen molar-refractivity contribution in [2.45, 2.75) is 50.2 Å². The highest BCUT2D eigenvalue weighted by molar-refractivity contribution is 6.44. The van der Waals surface area contributed by atoms with Gasteiger partial charge in [-0.15, -0.1) is 0 Å². The van der Waals surface area contributed by atoms with Crippen molar-refractivity contribution in [1.29, 1.82) is 5.26 Å². The fourth-order valence-electron chi connectivity index (χ4n) is 7.42. The second-order valence-electron chi connectivity index (χ2n) is 13.4. The Kier molecular flexibility index (Phi) is 8.20. The molecule has 10 nitrogen and oxygen atoms in total. The lowest BCUT2D eigenvalue weighted by Gasteiger charge is -2.43. The third-order valence-electron chi connectivity index (χ3n) is 10.2. The molecule has 2 bridgehead atoms. The smallest absolute Gasteiger partial charge is 0.222 e. The number of aromatic nitrogens is 3. The van der Waals surface area contributed by atoms with Gasteiger partial charge in [0.05, 0.1) is 27.7 Å². The standard InChI is InChI=1S/C34H37Cl2FN8O2/c1-42(2)19-15-44(16-19)34-31-33(45(32-18-13-22(32)39-14-18)24(40-31)9-10-25(47)43(3)4)20-12-17(6-5-11-38)26(29(37)30(20)41-34)27-23(46)8-7-21(35)28(27)36/h7-8,12,18-19,22,32,39,46H,5-6,9-10,13-16H2,1-4H3. The number of likely N-dealkylation sites (N-methyl/N-ethyl adjacent to an activating group) is 1. The topological polar surface area (TPSA) is 114 Å². The number of hydrogen-bond acceptors (Lipinski definition) is 8. The van der Waals surface area contributed by atoms with Crippen molar-refractivity contribution in [2.24, 2.45) is 5.92 Å². The van der Waals surface area contributed by atoms with E-state index in [1.165, 1.54) is 12.1 Å². The number of phenols is 1. The number of benzene rings is 2. The predicted octanol–water partition coefficient (Wildman–Crippen LogP) is 5.16. The van der Waals surface area contributed by atoms with E-state index in [0.29, 0.717) is 53.8 Å². The van der Waals surface area contributed by atoms with Gasteiger partial charge in [0.15, 0.2) is 11.6 Å². The molecule has 1 aliphatic carbocycles. The fourth-order valence-corrected chi connectivity index (χ4v) is 7.84. The van der Waals surface area contributed by atoms with Crippen molar-refractivity contribution in [1.82, 2.24) is 29.7 Å². The van der Waals surface area contributed by atoms with E-state index in [1.54, 1.807) is 19.0 Å². The van der Waals surface area contributed by atoms with Gasteiger partial charge in [-0.05, 0) is 56.6 Å². The molecule has 5 heterocycles. The van der Waals surface area contributed by atoms with Crippen LogP contribution in [0.2, 0.25) is 10.0 Å². The number of aryl methyl sites for hydroxylation is 2. The summed E-state index contributed by atoms with van der Waals surface area (Å²) in [6.45, 7) is 2.29. The van der Waals surface area contributed by atoms with Crippen LogP contribution < -0.4 is 10.2 Å². The van der Waals surface area contributed by atoms with Gasteiger partial charge in [0.25, 0.3) is 0 Å². The number of pyridine rings is 1. The summed E-state index contributed by atoms with van der Waals surface area (Å²) in [7, 11) is 7.56. The maximum atomic E-state index is 17.3. The first-order valence-corrected chi connectivity index (χ1v) is 16.7. The van der Waals surface area contributed by atoms with E-state index in [4.69, 9.17) is 33.2 Å². The summed E-state index contributed by atoms with van der Waals surface area (Å²) in [5, 5.41) is 24.9. The molecular formula is C34H37Cl2FN8O2. The molecule has 4 aromatic rings. The quantitative estimate of drug-likeness (QED) is 0.250. The van der Waals surface area contributed by atoms with Crippen LogP contribution in [0, 0.1) is 23.1 Å². The largest absolute Gasteiger partial charge is 0.507 e. The van der Waals surface area contributed by atoms with Crippen LogP contribution in [0.3, 0.4) is 0 Å². The number of rotatable bonds is 9. The Labute approximate surface area is 282 Å². The van der Waals surface area contributed by atoms with Crippen LogP contribution in [-0.4, -0.2) is 95.3 Å². The summed E-state index contributed by atoms with van der Waals surface area (Å²) in [6, 6.07) is 7.56. The number of nitrogens with zero attached hydrogens (tertiary/aromatic N) is 7. The highest BCUT2D eigenvalue weighted by Gasteiger charge is 2.49. The van der Waals surface area contributed by atoms with Crippen LogP contribution in [0.15, 0.2) is 18.2 Å². The van der Waals surface area contributed by atoms with Gasteiger partial charge in [-0.1, -0.05) is 23.2 Å². The number of amides is 1. The maximum Gasteiger partial charge on any atom is 0.222 e. The SMILES string of the molecule is CN(C)C(=O)CCc1nc2c(N3CC(N(C)C)C3)nc3c(F)c(-c4c(O)ccc(Cl)c4Cl)c(CCC#N)cc3c2n1C1C2CNC1C2. The number of hydrogen-bond donors (Lipinski definition) is 2. The minimum absolute atomic E-state index is 0.00534. The molecule has 8 rings (SSSR count). The number of fused-ring (bicyclic) bond motifs is 4. The molecule has 3 aliphatic heterocycles. The average molecular weight is 680 g/mol. The van der Waals surface area contributed by atoms with Gasteiger partial charge in [-0.3, -0.25) is 4.79 Å². The number of phenolic OH excluding ortho intramolecular Hbond substituents is 1. The Morgan fingerprint density at radius 1 is 1.15 bits per heavy atom. The second kappa shape index (κ2) is 12.1. The lowest BCUT2D eigenvalue weighted by atomic mass is 9.79. The predicted molar refractivity (Wildman–Crippen MR) is 182 cm³/mol. The Bertz CT molecular complexity index is 1950. The molecule has 4 aliphatic rings. The first-order chi connectivity index (χ1) is 22.5. The highest BCUT2D eigenvalue weighted by atomic mass is 35.5. The molecule has 4 fully saturated rings. The number of halogens is 3. The summed E-state index contributed by atoms with van der Waals surface area (Å²) < 4.78 is 19.5. The third kappa shape index (κ3) is 5.17. The van der Waals surface area contributed by atoms with Crippen molar-refractivity contribution in [3.8, 4) is 22.9 Å². The van der Waals surface area contributed by atoms with Crippen molar-refractivity contribution in [2.75, 3.05) is 52.7 Å². The molecular weight excluding hydrogens is 642 g/mol. The zero-order valence-corrected chi connectivity index (χ0v) is 28.3. The van der Waals surface area contributed by atoms with Crippen LogP contribution in [0.4, 0.5) is 10.2 Å². The maximum absolute atomic E-state index is 17.3. The molecule has 0 spiro atoms. The summed E-state index contributed by atoms with van der Waals surface area (Å²) in [5.74, 6) is 0.889. The molecule has 2 aromatic carbocycles. The molecule has 47 heavy (non-hydrogen) atoms. The summed E-state index contributed by atoms with van der Waals surface area (Å²) >= 11 is 13.0. The minimum atomic E-state index is -0.644. The summed E-state index contributed by atoms with van der Waals surface area (Å²) in [6.07, 6.45) is 2.11. The number of nitrogens with one attached hydrogen (secondary N) is 1. The van der Waals surface area contributed by atoms with Crippen molar-refractivity contribution < 1.29 is 14.3 Å². The highest BCUT2D eigenvalue weighted by Crippen LogP contribution is 2.50. The molecule has 1 saturated carbocycles. The van der Waals surface area contributed by atoms with E-state index >= 15 is 4.39 Å². The van der Waals surface area contributed by atoms with Gasteiger partial charge in [-0.25, -0.2) is 14.4 Å². The lowest BCUT2D eigenvalue weighted by Crippen LogP contribution is -2.57. The molecule has 3 unspecified atom stereocenters. The van der Waals surface area contributed by atoms with Crippen LogP contribution in [0.5, 0.6) is 5.75 Å². The molecule has 1 amide bonds. The Morgan fingerprint density at radius 3 is 2.55 bits per heavy atom. The fraction of sp³-hybridized carbons (Fsp3) is 0.471. The number of anilines is 1. The molecule has 2 aromatic heterocycles. The number of aromatic hydroxyl groups is 1. The van der Waals surface area contributed by atoms with Gasteiger partial charge in [-0.2, -0.15) is 5.26 Å². The molecule has 0 radical (unpaired) electrons. The summed E-state index contributed by atoms with van der Waals surface area (Å²) in [4.78, 5) is 28.8. The number of nitriles is 1. The van der Waals surface area contributed by atoms with E-state index in [1.807, 2.05) is 20.2 Å². The van der Waals surface area contributed by atoms with Crippen molar-refractivity contribution in [3.05, 3.63) is 45.4 Å². The van der Waals surface area contributed by atoms with Gasteiger partial charge in [0.2, 0.25) is 5.91 Å². The van der Waals surface area contributed by atoms with E-state index in [9.17, 15) is 15.2 Å². The van der Waals surface area contributed by atoms with Gasteiger partial charge >= 0.3 is 0 Å². The van der Waals surface area contributed by atoms with Crippen molar-refractivity contribution in [3.63, 3.8) is 0 Å². The van der Waals surface area contributed by atoms with E-state index in [2.05, 4.69) is 25.8 Å². The van der Waals surface area contributed by atoms with Gasteiger partial charge in [0, 0.05) is 81.6 Å². The minimum Gasteiger partial charge on any atom is -0.507 e. The number of carbonyl (C=O) groups excluding carboxylic acids is 1. The molecule has 2 N–H and O–H groups in total. The van der Waals surface area contributed by atoms with E-state index < -0.39 is 5.82 Å². The zero-order valence-electron chi connectivity index (χ0n) is 26.8. The first kappa shape index (κ1) is 31.9. The third-order valence-corrected chi connectivity index (χ3v) is 11.0.